The lowest BCUT2D eigenvalue weighted by atomic mass is 9.85. The number of methoxy groups -OCH3 is 1. The molecule has 0 atom stereocenters. The smallest absolute Gasteiger partial charge is 0.132 e. The summed E-state index contributed by atoms with van der Waals surface area (Å²) in [5.74, 6) is 0.936. The Balaban J connectivity index is 2.62. The molecule has 1 aromatic heterocycles. The lowest BCUT2D eigenvalue weighted by Crippen LogP contribution is -2.13. The summed E-state index contributed by atoms with van der Waals surface area (Å²) in [6.45, 7) is 6.57. The van der Waals surface area contributed by atoms with Gasteiger partial charge in [-0.05, 0) is 11.5 Å². The first-order valence-corrected chi connectivity index (χ1v) is 6.54. The van der Waals surface area contributed by atoms with Gasteiger partial charge in [0.05, 0.1) is 18.3 Å². The fraction of sp³-hybridized carbons (Fsp3) is 0.357. The number of ether oxygens (including phenoxy) is 1. The molecule has 0 amide bonds. The van der Waals surface area contributed by atoms with E-state index in [-0.39, 0.29) is 5.41 Å². The Kier molecular flexibility index (Phi) is 3.20. The summed E-state index contributed by atoms with van der Waals surface area (Å²) in [6.07, 6.45) is 0. The molecule has 0 N–H and O–H groups in total. The van der Waals surface area contributed by atoms with Crippen molar-refractivity contribution in [3.63, 3.8) is 0 Å². The first kappa shape index (κ1) is 12.1. The summed E-state index contributed by atoms with van der Waals surface area (Å²) < 4.78 is 5.59. The third kappa shape index (κ3) is 2.34. The minimum absolute atomic E-state index is 0.0668. The third-order valence-electron chi connectivity index (χ3n) is 2.74. The van der Waals surface area contributed by atoms with E-state index in [1.165, 1.54) is 5.56 Å². The van der Waals surface area contributed by atoms with Crippen molar-refractivity contribution in [2.75, 3.05) is 7.11 Å². The number of thiazole rings is 1. The van der Waals surface area contributed by atoms with Crippen LogP contribution in [-0.2, 0) is 5.41 Å². The Morgan fingerprint density at radius 1 is 1.24 bits per heavy atom. The van der Waals surface area contributed by atoms with Crippen molar-refractivity contribution in [2.45, 2.75) is 26.2 Å². The van der Waals surface area contributed by atoms with Gasteiger partial charge in [-0.2, -0.15) is 0 Å². The molecule has 0 aliphatic rings. The van der Waals surface area contributed by atoms with Gasteiger partial charge in [-0.3, -0.25) is 0 Å². The number of nitrogens with zero attached hydrogens (tertiary/aromatic N) is 1. The van der Waals surface area contributed by atoms with Crippen molar-refractivity contribution in [1.29, 1.82) is 0 Å². The van der Waals surface area contributed by atoms with E-state index < -0.39 is 0 Å². The van der Waals surface area contributed by atoms with Crippen LogP contribution in [0, 0.1) is 0 Å². The second-order valence-corrected chi connectivity index (χ2v) is 5.73. The molecule has 0 aliphatic heterocycles. The maximum atomic E-state index is 5.59. The van der Waals surface area contributed by atoms with Gasteiger partial charge in [-0.15, -0.1) is 11.3 Å². The van der Waals surface area contributed by atoms with E-state index in [2.05, 4.69) is 44.0 Å². The van der Waals surface area contributed by atoms with E-state index >= 15 is 0 Å². The average molecular weight is 247 g/mol. The van der Waals surface area contributed by atoms with E-state index in [4.69, 9.17) is 4.74 Å². The van der Waals surface area contributed by atoms with Crippen LogP contribution in [0.5, 0.6) is 5.75 Å². The standard InChI is InChI=1S/C14H17NOS/c1-14(2,3)11-7-5-6-10(13(11)16-4)12-8-17-9-15-12/h5-9H,1-4H3. The van der Waals surface area contributed by atoms with Crippen LogP contribution in [0.2, 0.25) is 0 Å². The van der Waals surface area contributed by atoms with Gasteiger partial charge in [-0.25, -0.2) is 4.98 Å². The summed E-state index contributed by atoms with van der Waals surface area (Å²) in [5.41, 5.74) is 5.18. The molecule has 0 radical (unpaired) electrons. The molecule has 2 rings (SSSR count). The van der Waals surface area contributed by atoms with Crippen LogP contribution in [0.3, 0.4) is 0 Å². The van der Waals surface area contributed by atoms with Gasteiger partial charge < -0.3 is 4.74 Å². The molecule has 2 aromatic rings. The summed E-state index contributed by atoms with van der Waals surface area (Å²) >= 11 is 1.60. The summed E-state index contributed by atoms with van der Waals surface area (Å²) in [5, 5.41) is 2.05. The lowest BCUT2D eigenvalue weighted by molar-refractivity contribution is 0.399. The first-order chi connectivity index (χ1) is 8.04. The maximum Gasteiger partial charge on any atom is 0.132 e. The first-order valence-electron chi connectivity index (χ1n) is 5.60. The largest absolute Gasteiger partial charge is 0.496 e. The van der Waals surface area contributed by atoms with E-state index in [0.29, 0.717) is 0 Å². The summed E-state index contributed by atoms with van der Waals surface area (Å²) in [6, 6.07) is 6.25. The fourth-order valence-corrected chi connectivity index (χ4v) is 2.45. The molecule has 0 unspecified atom stereocenters. The highest BCUT2D eigenvalue weighted by Crippen LogP contribution is 2.38. The summed E-state index contributed by atoms with van der Waals surface area (Å²) in [7, 11) is 1.72. The van der Waals surface area contributed by atoms with Gasteiger partial charge in [0.15, 0.2) is 0 Å². The van der Waals surface area contributed by atoms with Gasteiger partial charge in [-0.1, -0.05) is 32.9 Å². The van der Waals surface area contributed by atoms with Crippen LogP contribution in [-0.4, -0.2) is 12.1 Å². The van der Waals surface area contributed by atoms with Crippen LogP contribution >= 0.6 is 11.3 Å². The Morgan fingerprint density at radius 2 is 2.00 bits per heavy atom. The molecule has 0 spiro atoms. The average Bonchev–Trinajstić information content (AvgIpc) is 2.80. The monoisotopic (exact) mass is 247 g/mol. The highest BCUT2D eigenvalue weighted by atomic mass is 32.1. The minimum Gasteiger partial charge on any atom is -0.496 e. The zero-order valence-corrected chi connectivity index (χ0v) is 11.5. The van der Waals surface area contributed by atoms with Crippen molar-refractivity contribution >= 4 is 11.3 Å². The maximum absolute atomic E-state index is 5.59. The van der Waals surface area contributed by atoms with Gasteiger partial charge >= 0.3 is 0 Å². The number of benzene rings is 1. The summed E-state index contributed by atoms with van der Waals surface area (Å²) in [4.78, 5) is 4.36. The molecule has 0 saturated heterocycles. The van der Waals surface area contributed by atoms with E-state index in [1.807, 2.05) is 10.9 Å². The lowest BCUT2D eigenvalue weighted by Gasteiger charge is -2.23. The number of aromatic nitrogens is 1. The van der Waals surface area contributed by atoms with Crippen molar-refractivity contribution in [3.8, 4) is 17.0 Å². The predicted octanol–water partition coefficient (Wildman–Crippen LogP) is 4.12. The number of hydrogen-bond donors (Lipinski definition) is 0. The third-order valence-corrected chi connectivity index (χ3v) is 3.32. The van der Waals surface area contributed by atoms with Crippen LogP contribution in [0.1, 0.15) is 26.3 Å². The molecule has 0 fully saturated rings. The minimum atomic E-state index is 0.0668. The highest BCUT2D eigenvalue weighted by molar-refractivity contribution is 7.07. The SMILES string of the molecule is COc1c(-c2cscn2)cccc1C(C)(C)C. The van der Waals surface area contributed by atoms with Gasteiger partial charge in [0, 0.05) is 16.5 Å². The second-order valence-electron chi connectivity index (χ2n) is 5.01. The molecule has 1 heterocycles. The number of hydrogen-bond acceptors (Lipinski definition) is 3. The molecule has 90 valence electrons. The molecule has 1 aromatic carbocycles. The van der Waals surface area contributed by atoms with Gasteiger partial charge in [0.1, 0.15) is 5.75 Å². The van der Waals surface area contributed by atoms with E-state index in [9.17, 15) is 0 Å². The Labute approximate surface area is 106 Å². The topological polar surface area (TPSA) is 22.1 Å². The van der Waals surface area contributed by atoms with Crippen molar-refractivity contribution in [3.05, 3.63) is 34.7 Å². The zero-order chi connectivity index (χ0) is 12.5. The van der Waals surface area contributed by atoms with Gasteiger partial charge in [0.2, 0.25) is 0 Å². The van der Waals surface area contributed by atoms with Crippen molar-refractivity contribution in [1.82, 2.24) is 4.98 Å². The van der Waals surface area contributed by atoms with Crippen molar-refractivity contribution in [2.24, 2.45) is 0 Å². The molecule has 0 aliphatic carbocycles. The van der Waals surface area contributed by atoms with Crippen LogP contribution in [0.25, 0.3) is 11.3 Å². The zero-order valence-electron chi connectivity index (χ0n) is 10.7. The van der Waals surface area contributed by atoms with Crippen LogP contribution < -0.4 is 4.74 Å². The number of rotatable bonds is 2. The van der Waals surface area contributed by atoms with E-state index in [1.54, 1.807) is 18.4 Å². The molecule has 2 nitrogen and oxygen atoms in total. The predicted molar refractivity (Wildman–Crippen MR) is 72.8 cm³/mol. The molecular formula is C14H17NOS. The molecule has 0 saturated carbocycles. The van der Waals surface area contributed by atoms with Crippen LogP contribution in [0.4, 0.5) is 0 Å². The van der Waals surface area contributed by atoms with Crippen molar-refractivity contribution < 1.29 is 4.74 Å². The molecule has 0 bridgehead atoms. The normalized spacial score (nSPS) is 11.5. The molecule has 17 heavy (non-hydrogen) atoms. The molecule has 3 heteroatoms. The Hall–Kier alpha value is -1.35. The Morgan fingerprint density at radius 3 is 2.53 bits per heavy atom. The fourth-order valence-electron chi connectivity index (χ4n) is 1.89. The highest BCUT2D eigenvalue weighted by Gasteiger charge is 2.21. The molecular weight excluding hydrogens is 230 g/mol. The van der Waals surface area contributed by atoms with E-state index in [0.717, 1.165) is 17.0 Å². The Bertz CT molecular complexity index is 497. The quantitative estimate of drug-likeness (QED) is 0.796. The number of para-hydroxylation sites is 1. The van der Waals surface area contributed by atoms with Gasteiger partial charge in [0.25, 0.3) is 0 Å². The van der Waals surface area contributed by atoms with Crippen LogP contribution in [0.15, 0.2) is 29.1 Å². The second kappa shape index (κ2) is 4.49.